The van der Waals surface area contributed by atoms with E-state index in [9.17, 15) is 33.9 Å². The third kappa shape index (κ3) is 8.90. The number of aliphatic carboxylic acids is 1. The maximum absolute atomic E-state index is 14.0. The number of nitrogens with one attached hydrogen (secondary N) is 5. The zero-order chi connectivity index (χ0) is 38.4. The molecule has 2 heterocycles. The summed E-state index contributed by atoms with van der Waals surface area (Å²) in [4.78, 5) is 80.7. The van der Waals surface area contributed by atoms with Gasteiger partial charge < -0.3 is 41.0 Å². The number of para-hydroxylation sites is 1. The Morgan fingerprint density at radius 3 is 2.19 bits per heavy atom. The van der Waals surface area contributed by atoms with Crippen LogP contribution in [0, 0.1) is 5.41 Å². The van der Waals surface area contributed by atoms with Gasteiger partial charge in [0, 0.05) is 54.3 Å². The summed E-state index contributed by atoms with van der Waals surface area (Å²) in [6.45, 7) is 4.43. The SMILES string of the molecule is Cn1c(=O)c(C(=O)NCC(=O)O)c(O)c2cc(CNC(=O)[C@@H](Cc3ccccc3)NC(=O)[C@H](Cc3c[nH]c4ccccc34)NC(=O)C(C)(C)C)ccc21. The van der Waals surface area contributed by atoms with E-state index < -0.39 is 64.6 Å². The Morgan fingerprint density at radius 1 is 0.811 bits per heavy atom. The first-order chi connectivity index (χ1) is 25.1. The molecular formula is C39H42N6O8. The van der Waals surface area contributed by atoms with Crippen LogP contribution < -0.4 is 26.8 Å². The van der Waals surface area contributed by atoms with Gasteiger partial charge in [-0.15, -0.1) is 0 Å². The predicted octanol–water partition coefficient (Wildman–Crippen LogP) is 2.66. The highest BCUT2D eigenvalue weighted by atomic mass is 16.4. The molecule has 2 aromatic heterocycles. The van der Waals surface area contributed by atoms with Crippen molar-refractivity contribution in [2.24, 2.45) is 12.5 Å². The number of nitrogens with zero attached hydrogens (tertiary/aromatic N) is 1. The number of aromatic nitrogens is 2. The fourth-order valence-corrected chi connectivity index (χ4v) is 5.89. The molecule has 0 bridgehead atoms. The molecule has 0 aliphatic rings. The smallest absolute Gasteiger partial charge is 0.322 e. The number of benzene rings is 3. The molecule has 2 atom stereocenters. The van der Waals surface area contributed by atoms with Gasteiger partial charge in [0.1, 0.15) is 29.9 Å². The molecule has 0 fully saturated rings. The van der Waals surface area contributed by atoms with Gasteiger partial charge in [0.25, 0.3) is 11.5 Å². The summed E-state index contributed by atoms with van der Waals surface area (Å²) in [5.41, 5.74) is 1.05. The van der Waals surface area contributed by atoms with Crippen molar-refractivity contribution >= 4 is 51.4 Å². The Balaban J connectivity index is 1.40. The standard InChI is InChI=1S/C39H42N6O8/c1-39(2,3)38(53)44-29(18-24-20-40-27-13-9-8-12-25(24)27)35(50)43-28(17-22-10-6-5-7-11-22)34(49)41-19-23-14-15-30-26(16-23)33(48)32(37(52)45(30)4)36(51)42-21-31(46)47/h5-16,20,28-29,40,48H,17-19,21H2,1-4H3,(H,41,49)(H,42,51)(H,43,50)(H,44,53)(H,46,47)/t28-,29+/m1/s1. The molecule has 0 saturated carbocycles. The second-order valence-corrected chi connectivity index (χ2v) is 13.8. The van der Waals surface area contributed by atoms with E-state index >= 15 is 0 Å². The average molecular weight is 723 g/mol. The van der Waals surface area contributed by atoms with Gasteiger partial charge in [-0.2, -0.15) is 0 Å². The van der Waals surface area contributed by atoms with E-state index in [1.54, 1.807) is 39.1 Å². The quantitative estimate of drug-likeness (QED) is 0.0958. The third-order valence-electron chi connectivity index (χ3n) is 8.84. The minimum atomic E-state index is -1.32. The van der Waals surface area contributed by atoms with Crippen molar-refractivity contribution in [3.8, 4) is 5.75 Å². The largest absolute Gasteiger partial charge is 0.506 e. The van der Waals surface area contributed by atoms with E-state index in [4.69, 9.17) is 5.11 Å². The highest BCUT2D eigenvalue weighted by Crippen LogP contribution is 2.27. The highest BCUT2D eigenvalue weighted by Gasteiger charge is 2.31. The summed E-state index contributed by atoms with van der Waals surface area (Å²) >= 11 is 0. The van der Waals surface area contributed by atoms with Crippen LogP contribution in [0.1, 0.15) is 47.8 Å². The van der Waals surface area contributed by atoms with E-state index in [1.807, 2.05) is 54.6 Å². The third-order valence-corrected chi connectivity index (χ3v) is 8.84. The highest BCUT2D eigenvalue weighted by molar-refractivity contribution is 6.03. The molecule has 0 spiro atoms. The van der Waals surface area contributed by atoms with Gasteiger partial charge in [-0.05, 0) is 34.9 Å². The lowest BCUT2D eigenvalue weighted by atomic mass is 9.94. The molecule has 53 heavy (non-hydrogen) atoms. The zero-order valence-electron chi connectivity index (χ0n) is 29.8. The van der Waals surface area contributed by atoms with E-state index in [-0.39, 0.29) is 30.7 Å². The minimum Gasteiger partial charge on any atom is -0.506 e. The lowest BCUT2D eigenvalue weighted by molar-refractivity contribution is -0.136. The van der Waals surface area contributed by atoms with Crippen molar-refractivity contribution in [3.05, 3.63) is 112 Å². The number of carbonyl (C=O) groups excluding carboxylic acids is 4. The molecule has 5 aromatic rings. The summed E-state index contributed by atoms with van der Waals surface area (Å²) in [5, 5.41) is 31.6. The maximum Gasteiger partial charge on any atom is 0.322 e. The number of carboxylic acids is 1. The summed E-state index contributed by atoms with van der Waals surface area (Å²) in [6.07, 6.45) is 2.10. The fraction of sp³-hybridized carbons (Fsp3) is 0.282. The Kier molecular flexibility index (Phi) is 11.3. The van der Waals surface area contributed by atoms with Crippen LogP contribution in [0.3, 0.4) is 0 Å². The number of hydrogen-bond donors (Lipinski definition) is 7. The summed E-state index contributed by atoms with van der Waals surface area (Å²) in [6, 6.07) is 19.4. The van der Waals surface area contributed by atoms with Crippen LogP contribution in [0.25, 0.3) is 21.8 Å². The number of rotatable bonds is 13. The molecule has 3 aromatic carbocycles. The Bertz CT molecular complexity index is 2250. The van der Waals surface area contributed by atoms with E-state index in [2.05, 4.69) is 26.3 Å². The Morgan fingerprint density at radius 2 is 1.49 bits per heavy atom. The lowest BCUT2D eigenvalue weighted by Gasteiger charge is -2.26. The normalized spacial score (nSPS) is 12.5. The summed E-state index contributed by atoms with van der Waals surface area (Å²) < 4.78 is 1.16. The number of carboxylic acid groups (broad SMARTS) is 1. The molecule has 7 N–H and O–H groups in total. The monoisotopic (exact) mass is 722 g/mol. The van der Waals surface area contributed by atoms with Crippen LogP contribution in [-0.4, -0.2) is 68.0 Å². The second-order valence-electron chi connectivity index (χ2n) is 13.8. The molecule has 0 radical (unpaired) electrons. The van der Waals surface area contributed by atoms with Crippen LogP contribution >= 0.6 is 0 Å². The Hall–Kier alpha value is -6.44. The second kappa shape index (κ2) is 15.8. The van der Waals surface area contributed by atoms with E-state index in [1.165, 1.54) is 13.1 Å². The van der Waals surface area contributed by atoms with Gasteiger partial charge in [0.2, 0.25) is 17.7 Å². The first-order valence-corrected chi connectivity index (χ1v) is 17.0. The van der Waals surface area contributed by atoms with Crippen molar-refractivity contribution in [1.82, 2.24) is 30.8 Å². The van der Waals surface area contributed by atoms with Crippen LogP contribution in [0.2, 0.25) is 0 Å². The number of aromatic amines is 1. The molecule has 0 aliphatic carbocycles. The number of aryl methyl sites for hydroxylation is 1. The number of pyridine rings is 1. The average Bonchev–Trinajstić information content (AvgIpc) is 3.54. The van der Waals surface area contributed by atoms with Crippen molar-refractivity contribution in [2.75, 3.05) is 6.54 Å². The first-order valence-electron chi connectivity index (χ1n) is 17.0. The number of carbonyl (C=O) groups is 5. The molecule has 0 aliphatic heterocycles. The van der Waals surface area contributed by atoms with Crippen molar-refractivity contribution in [2.45, 2.75) is 52.2 Å². The summed E-state index contributed by atoms with van der Waals surface area (Å²) in [5.74, 6) is -4.40. The van der Waals surface area contributed by atoms with E-state index in [0.717, 1.165) is 26.6 Å². The minimum absolute atomic E-state index is 0.0573. The molecule has 276 valence electrons. The molecular weight excluding hydrogens is 680 g/mol. The van der Waals surface area contributed by atoms with Crippen LogP contribution in [0.15, 0.2) is 83.8 Å². The van der Waals surface area contributed by atoms with Crippen LogP contribution in [0.5, 0.6) is 5.75 Å². The molecule has 0 saturated heterocycles. The number of H-pyrrole nitrogens is 1. The number of fused-ring (bicyclic) bond motifs is 2. The van der Waals surface area contributed by atoms with Crippen LogP contribution in [-0.2, 0) is 45.6 Å². The van der Waals surface area contributed by atoms with Gasteiger partial charge in [0.05, 0.1) is 5.52 Å². The van der Waals surface area contributed by atoms with Crippen molar-refractivity contribution < 1.29 is 34.2 Å². The van der Waals surface area contributed by atoms with E-state index in [0.29, 0.717) is 11.1 Å². The molecule has 5 rings (SSSR count). The first kappa shape index (κ1) is 37.8. The topological polar surface area (TPSA) is 212 Å². The number of amides is 4. The molecule has 0 unspecified atom stereocenters. The maximum atomic E-state index is 14.0. The zero-order valence-corrected chi connectivity index (χ0v) is 29.8. The molecule has 14 nitrogen and oxygen atoms in total. The fourth-order valence-electron chi connectivity index (χ4n) is 5.89. The molecule has 14 heteroatoms. The van der Waals surface area contributed by atoms with Gasteiger partial charge in [-0.1, -0.05) is 75.4 Å². The van der Waals surface area contributed by atoms with Crippen molar-refractivity contribution in [3.63, 3.8) is 0 Å². The van der Waals surface area contributed by atoms with Gasteiger partial charge >= 0.3 is 5.97 Å². The summed E-state index contributed by atoms with van der Waals surface area (Å²) in [7, 11) is 1.41. The van der Waals surface area contributed by atoms with Gasteiger partial charge in [0.15, 0.2) is 0 Å². The number of aromatic hydroxyl groups is 1. The Labute approximate surface area is 304 Å². The van der Waals surface area contributed by atoms with Crippen molar-refractivity contribution in [1.29, 1.82) is 0 Å². The molecule has 4 amide bonds. The number of hydrogen-bond acceptors (Lipinski definition) is 7. The van der Waals surface area contributed by atoms with Gasteiger partial charge in [-0.25, -0.2) is 0 Å². The lowest BCUT2D eigenvalue weighted by Crippen LogP contribution is -2.56. The predicted molar refractivity (Wildman–Crippen MR) is 198 cm³/mol. The van der Waals surface area contributed by atoms with Crippen LogP contribution in [0.4, 0.5) is 0 Å². The van der Waals surface area contributed by atoms with Gasteiger partial charge in [-0.3, -0.25) is 28.8 Å².